The summed E-state index contributed by atoms with van der Waals surface area (Å²) in [5.41, 5.74) is 4.92. The van der Waals surface area contributed by atoms with E-state index in [0.29, 0.717) is 12.8 Å². The van der Waals surface area contributed by atoms with Gasteiger partial charge in [0.05, 0.1) is 0 Å². The largest absolute Gasteiger partial charge is 0.383 e. The first kappa shape index (κ1) is 15.4. The normalized spacial score (nSPS) is 18.6. The first-order chi connectivity index (χ1) is 6.78. The minimum atomic E-state index is -4.64. The summed E-state index contributed by atoms with van der Waals surface area (Å²) in [7, 11) is 0. The van der Waals surface area contributed by atoms with Gasteiger partial charge in [0, 0.05) is 12.1 Å². The van der Waals surface area contributed by atoms with Crippen molar-refractivity contribution in [3.05, 3.63) is 0 Å². The van der Waals surface area contributed by atoms with E-state index in [1.807, 2.05) is 0 Å². The summed E-state index contributed by atoms with van der Waals surface area (Å²) in [5, 5.41) is 1.75. The van der Waals surface area contributed by atoms with Crippen LogP contribution in [-0.4, -0.2) is 30.3 Å². The van der Waals surface area contributed by atoms with Crippen LogP contribution < -0.4 is 11.1 Å². The Hall–Kier alpha value is -0.560. The molecule has 96 valence electrons. The summed E-state index contributed by atoms with van der Waals surface area (Å²) in [6.45, 7) is -0.186. The number of hydrogen-bond acceptors (Lipinski definition) is 2. The highest BCUT2D eigenvalue weighted by atomic mass is 35.5. The fraction of sp³-hybridized carbons (Fsp3) is 0.875. The number of alkyl halides is 4. The van der Waals surface area contributed by atoms with Crippen LogP contribution in [0.3, 0.4) is 0 Å². The van der Waals surface area contributed by atoms with Gasteiger partial charge in [-0.1, -0.05) is 0 Å². The highest BCUT2D eigenvalue weighted by molar-refractivity contribution is 5.85. The molecule has 0 aromatic carbocycles. The van der Waals surface area contributed by atoms with E-state index in [4.69, 9.17) is 5.73 Å². The van der Waals surface area contributed by atoms with Crippen LogP contribution in [0.1, 0.15) is 19.3 Å². The fourth-order valence-electron chi connectivity index (χ4n) is 1.28. The van der Waals surface area contributed by atoms with Crippen LogP contribution in [-0.2, 0) is 4.79 Å². The number of amides is 1. The molecule has 1 amide bonds. The standard InChI is InChI=1S/C8H12F4N2O.ClH/c9-5(10)8(11,12)6(15)14-4-7(13)2-1-3-7;/h5H,1-4,13H2,(H,14,15);1H. The lowest BCUT2D eigenvalue weighted by molar-refractivity contribution is -0.169. The molecule has 0 bridgehead atoms. The number of nitrogens with one attached hydrogen (secondary N) is 1. The molecule has 0 heterocycles. The van der Waals surface area contributed by atoms with Gasteiger partial charge in [-0.15, -0.1) is 12.4 Å². The van der Waals surface area contributed by atoms with Crippen molar-refractivity contribution in [1.29, 1.82) is 0 Å². The summed E-state index contributed by atoms with van der Waals surface area (Å²) >= 11 is 0. The lowest BCUT2D eigenvalue weighted by atomic mass is 9.78. The molecule has 1 saturated carbocycles. The van der Waals surface area contributed by atoms with Crippen molar-refractivity contribution in [2.24, 2.45) is 5.73 Å². The van der Waals surface area contributed by atoms with E-state index in [9.17, 15) is 22.4 Å². The molecule has 1 fully saturated rings. The molecular weight excluding hydrogens is 252 g/mol. The number of carbonyl (C=O) groups is 1. The SMILES string of the molecule is Cl.NC1(CNC(=O)C(F)(F)C(F)F)CCC1. The molecule has 16 heavy (non-hydrogen) atoms. The summed E-state index contributed by atoms with van der Waals surface area (Å²) in [4.78, 5) is 10.7. The second kappa shape index (κ2) is 5.18. The molecule has 3 N–H and O–H groups in total. The zero-order chi connectivity index (χ0) is 11.7. The molecule has 8 heteroatoms. The van der Waals surface area contributed by atoms with E-state index in [2.05, 4.69) is 0 Å². The Bertz CT molecular complexity index is 258. The molecule has 0 spiro atoms. The van der Waals surface area contributed by atoms with Crippen LogP contribution >= 0.6 is 12.4 Å². The molecular formula is C8H13ClF4N2O. The van der Waals surface area contributed by atoms with Gasteiger partial charge < -0.3 is 11.1 Å². The van der Waals surface area contributed by atoms with E-state index in [1.54, 1.807) is 5.32 Å². The summed E-state index contributed by atoms with van der Waals surface area (Å²) < 4.78 is 48.3. The maximum absolute atomic E-state index is 12.4. The first-order valence-electron chi connectivity index (χ1n) is 4.51. The smallest absolute Gasteiger partial charge is 0.349 e. The van der Waals surface area contributed by atoms with Gasteiger partial charge in [-0.3, -0.25) is 4.79 Å². The first-order valence-corrected chi connectivity index (χ1v) is 4.51. The van der Waals surface area contributed by atoms with Crippen LogP contribution in [0.4, 0.5) is 17.6 Å². The van der Waals surface area contributed by atoms with Crippen molar-refractivity contribution in [3.63, 3.8) is 0 Å². The molecule has 3 nitrogen and oxygen atoms in total. The number of hydrogen-bond donors (Lipinski definition) is 2. The van der Waals surface area contributed by atoms with E-state index < -0.39 is 23.8 Å². The summed E-state index contributed by atoms with van der Waals surface area (Å²) in [6.07, 6.45) is -1.92. The average Bonchev–Trinajstić information content (AvgIpc) is 2.10. The van der Waals surface area contributed by atoms with Gasteiger partial charge in [0.2, 0.25) is 0 Å². The molecule has 0 atom stereocenters. The Labute approximate surface area is 96.2 Å². The van der Waals surface area contributed by atoms with Crippen molar-refractivity contribution >= 4 is 18.3 Å². The summed E-state index contributed by atoms with van der Waals surface area (Å²) in [5.74, 6) is -6.60. The Morgan fingerprint density at radius 3 is 2.25 bits per heavy atom. The second-order valence-corrected chi connectivity index (χ2v) is 3.82. The van der Waals surface area contributed by atoms with Crippen LogP contribution in [0.2, 0.25) is 0 Å². The van der Waals surface area contributed by atoms with Crippen LogP contribution in [0.15, 0.2) is 0 Å². The van der Waals surface area contributed by atoms with Crippen molar-refractivity contribution < 1.29 is 22.4 Å². The monoisotopic (exact) mass is 264 g/mol. The molecule has 0 radical (unpaired) electrons. The number of halogens is 5. The van der Waals surface area contributed by atoms with Crippen LogP contribution in [0.5, 0.6) is 0 Å². The highest BCUT2D eigenvalue weighted by Gasteiger charge is 2.49. The topological polar surface area (TPSA) is 55.1 Å². The van der Waals surface area contributed by atoms with Gasteiger partial charge >= 0.3 is 12.3 Å². The molecule has 0 unspecified atom stereocenters. The molecule has 1 aliphatic rings. The van der Waals surface area contributed by atoms with Crippen molar-refractivity contribution in [1.82, 2.24) is 5.32 Å². The van der Waals surface area contributed by atoms with E-state index in [1.165, 1.54) is 0 Å². The predicted molar refractivity (Wildman–Crippen MR) is 52.0 cm³/mol. The third-order valence-electron chi connectivity index (χ3n) is 2.53. The van der Waals surface area contributed by atoms with Crippen molar-refractivity contribution in [3.8, 4) is 0 Å². The van der Waals surface area contributed by atoms with Crippen molar-refractivity contribution in [2.75, 3.05) is 6.54 Å². The Balaban J connectivity index is 0.00000225. The van der Waals surface area contributed by atoms with Gasteiger partial charge in [0.1, 0.15) is 0 Å². The second-order valence-electron chi connectivity index (χ2n) is 3.82. The van der Waals surface area contributed by atoms with Gasteiger partial charge in [0.15, 0.2) is 0 Å². The molecule has 0 aromatic heterocycles. The zero-order valence-corrected chi connectivity index (χ0v) is 9.13. The Morgan fingerprint density at radius 1 is 1.44 bits per heavy atom. The zero-order valence-electron chi connectivity index (χ0n) is 8.31. The molecule has 0 aromatic rings. The average molecular weight is 265 g/mol. The van der Waals surface area contributed by atoms with Crippen LogP contribution in [0.25, 0.3) is 0 Å². The molecule has 1 rings (SSSR count). The quantitative estimate of drug-likeness (QED) is 0.752. The van der Waals surface area contributed by atoms with Crippen molar-refractivity contribution in [2.45, 2.75) is 37.1 Å². The maximum atomic E-state index is 12.4. The predicted octanol–water partition coefficient (Wildman–Crippen LogP) is 1.31. The molecule has 1 aliphatic carbocycles. The Morgan fingerprint density at radius 2 is 1.94 bits per heavy atom. The molecule has 0 aliphatic heterocycles. The van der Waals surface area contributed by atoms with E-state index in [-0.39, 0.29) is 19.0 Å². The minimum absolute atomic E-state index is 0. The lowest BCUT2D eigenvalue weighted by Gasteiger charge is -2.38. The third-order valence-corrected chi connectivity index (χ3v) is 2.53. The number of rotatable bonds is 4. The Kier molecular flexibility index (Phi) is 5.00. The van der Waals surface area contributed by atoms with Crippen LogP contribution in [0, 0.1) is 0 Å². The van der Waals surface area contributed by atoms with Gasteiger partial charge in [-0.05, 0) is 19.3 Å². The summed E-state index contributed by atoms with van der Waals surface area (Å²) in [6, 6.07) is 0. The minimum Gasteiger partial charge on any atom is -0.349 e. The van der Waals surface area contributed by atoms with Gasteiger partial charge in [-0.25, -0.2) is 8.78 Å². The fourth-order valence-corrected chi connectivity index (χ4v) is 1.28. The number of carbonyl (C=O) groups excluding carboxylic acids is 1. The lowest BCUT2D eigenvalue weighted by Crippen LogP contribution is -2.57. The van der Waals surface area contributed by atoms with Gasteiger partial charge in [-0.2, -0.15) is 8.78 Å². The van der Waals surface area contributed by atoms with E-state index in [0.717, 1.165) is 6.42 Å². The highest BCUT2D eigenvalue weighted by Crippen LogP contribution is 2.29. The number of nitrogens with two attached hydrogens (primary N) is 1. The van der Waals surface area contributed by atoms with Gasteiger partial charge in [0.25, 0.3) is 5.91 Å². The maximum Gasteiger partial charge on any atom is 0.383 e. The molecule has 0 saturated heterocycles. The third kappa shape index (κ3) is 3.21. The van der Waals surface area contributed by atoms with E-state index >= 15 is 0 Å².